The molecule has 108 valence electrons. The number of aryl methyl sites for hydroxylation is 1. The number of carboxylic acids is 1. The van der Waals surface area contributed by atoms with Crippen molar-refractivity contribution >= 4 is 35.4 Å². The van der Waals surface area contributed by atoms with Gasteiger partial charge in [0.05, 0.1) is 5.75 Å². The van der Waals surface area contributed by atoms with Crippen molar-refractivity contribution < 1.29 is 14.7 Å². The van der Waals surface area contributed by atoms with Crippen LogP contribution in [-0.4, -0.2) is 51.7 Å². The Morgan fingerprint density at radius 2 is 2.10 bits per heavy atom. The summed E-state index contributed by atoms with van der Waals surface area (Å²) in [5, 5.41) is 9.16. The first-order chi connectivity index (χ1) is 9.58. The molecule has 1 aliphatic rings. The van der Waals surface area contributed by atoms with Crippen LogP contribution in [0.15, 0.2) is 29.2 Å². The lowest BCUT2D eigenvalue weighted by Crippen LogP contribution is -2.50. The maximum Gasteiger partial charge on any atom is 0.327 e. The van der Waals surface area contributed by atoms with Crippen LogP contribution in [0.3, 0.4) is 0 Å². The molecule has 1 aromatic rings. The van der Waals surface area contributed by atoms with E-state index < -0.39 is 12.0 Å². The number of hydrogen-bond donors (Lipinski definition) is 1. The topological polar surface area (TPSA) is 57.6 Å². The zero-order chi connectivity index (χ0) is 14.5. The third-order valence-corrected chi connectivity index (χ3v) is 5.14. The van der Waals surface area contributed by atoms with E-state index in [1.807, 2.05) is 31.2 Å². The molecule has 1 N–H and O–H groups in total. The molecule has 1 amide bonds. The fourth-order valence-corrected chi connectivity index (χ4v) is 3.79. The first kappa shape index (κ1) is 15.3. The molecule has 1 fully saturated rings. The number of benzene rings is 1. The second kappa shape index (κ2) is 7.04. The van der Waals surface area contributed by atoms with Crippen molar-refractivity contribution in [2.24, 2.45) is 0 Å². The van der Waals surface area contributed by atoms with E-state index in [9.17, 15) is 9.59 Å². The number of thioether (sulfide) groups is 2. The van der Waals surface area contributed by atoms with Crippen molar-refractivity contribution in [1.82, 2.24) is 4.90 Å². The summed E-state index contributed by atoms with van der Waals surface area (Å²) in [6, 6.07) is 7.29. The van der Waals surface area contributed by atoms with E-state index in [0.717, 1.165) is 10.6 Å². The standard InChI is InChI=1S/C14H17NO3S2/c1-10-2-4-11(5-3-10)20-9-13(16)15-6-7-19-8-12(15)14(17)18/h2-5,12H,6-9H2,1H3,(H,17,18). The van der Waals surface area contributed by atoms with Gasteiger partial charge in [-0.15, -0.1) is 11.8 Å². The van der Waals surface area contributed by atoms with Gasteiger partial charge in [0, 0.05) is 22.9 Å². The van der Waals surface area contributed by atoms with Gasteiger partial charge in [-0.25, -0.2) is 4.79 Å². The average molecular weight is 311 g/mol. The molecule has 0 radical (unpaired) electrons. The van der Waals surface area contributed by atoms with Crippen LogP contribution in [-0.2, 0) is 9.59 Å². The number of carbonyl (C=O) groups is 2. The third kappa shape index (κ3) is 3.93. The summed E-state index contributed by atoms with van der Waals surface area (Å²) in [5.74, 6) is 0.576. The van der Waals surface area contributed by atoms with Crippen LogP contribution in [0.2, 0.25) is 0 Å². The maximum atomic E-state index is 12.2. The number of rotatable bonds is 4. The molecule has 0 saturated carbocycles. The summed E-state index contributed by atoms with van der Waals surface area (Å²) >= 11 is 3.04. The zero-order valence-electron chi connectivity index (χ0n) is 11.2. The molecule has 0 bridgehead atoms. The lowest BCUT2D eigenvalue weighted by Gasteiger charge is -2.32. The lowest BCUT2D eigenvalue weighted by atomic mass is 10.2. The first-order valence-electron chi connectivity index (χ1n) is 6.37. The Balaban J connectivity index is 1.93. The summed E-state index contributed by atoms with van der Waals surface area (Å²) < 4.78 is 0. The second-order valence-electron chi connectivity index (χ2n) is 4.62. The SMILES string of the molecule is Cc1ccc(SCC(=O)N2CCSCC2C(=O)O)cc1. The van der Waals surface area contributed by atoms with E-state index in [0.29, 0.717) is 12.3 Å². The highest BCUT2D eigenvalue weighted by atomic mass is 32.2. The van der Waals surface area contributed by atoms with E-state index in [1.54, 1.807) is 11.8 Å². The summed E-state index contributed by atoms with van der Waals surface area (Å²) in [6.45, 7) is 2.54. The van der Waals surface area contributed by atoms with Crippen LogP contribution in [0.4, 0.5) is 0 Å². The number of hydrogen-bond acceptors (Lipinski definition) is 4. The molecule has 2 rings (SSSR count). The van der Waals surface area contributed by atoms with Gasteiger partial charge in [0.15, 0.2) is 0 Å². The first-order valence-corrected chi connectivity index (χ1v) is 8.51. The Hall–Kier alpha value is -1.14. The fraction of sp³-hybridized carbons (Fsp3) is 0.429. The predicted octanol–water partition coefficient (Wildman–Crippen LogP) is 2.12. The van der Waals surface area contributed by atoms with Gasteiger partial charge in [-0.05, 0) is 19.1 Å². The minimum atomic E-state index is -0.911. The molecule has 4 nitrogen and oxygen atoms in total. The smallest absolute Gasteiger partial charge is 0.327 e. The van der Waals surface area contributed by atoms with Crippen molar-refractivity contribution in [1.29, 1.82) is 0 Å². The Morgan fingerprint density at radius 3 is 2.75 bits per heavy atom. The summed E-state index contributed by atoms with van der Waals surface area (Å²) in [6.07, 6.45) is 0. The van der Waals surface area contributed by atoms with Gasteiger partial charge in [-0.2, -0.15) is 11.8 Å². The van der Waals surface area contributed by atoms with Crippen LogP contribution < -0.4 is 0 Å². The van der Waals surface area contributed by atoms with Gasteiger partial charge in [-0.1, -0.05) is 17.7 Å². The van der Waals surface area contributed by atoms with Gasteiger partial charge in [0.1, 0.15) is 6.04 Å². The van der Waals surface area contributed by atoms with Crippen LogP contribution in [0.1, 0.15) is 5.56 Å². The van der Waals surface area contributed by atoms with E-state index in [2.05, 4.69) is 0 Å². The Bertz CT molecular complexity index is 490. The van der Waals surface area contributed by atoms with E-state index >= 15 is 0 Å². The highest BCUT2D eigenvalue weighted by Crippen LogP contribution is 2.22. The van der Waals surface area contributed by atoms with E-state index in [4.69, 9.17) is 5.11 Å². The number of nitrogens with zero attached hydrogens (tertiary/aromatic N) is 1. The van der Waals surface area contributed by atoms with Crippen LogP contribution in [0, 0.1) is 6.92 Å². The number of aliphatic carboxylic acids is 1. The number of amides is 1. The molecule has 1 aromatic carbocycles. The zero-order valence-corrected chi connectivity index (χ0v) is 12.9. The van der Waals surface area contributed by atoms with Gasteiger partial charge in [-0.3, -0.25) is 4.79 Å². The molecular weight excluding hydrogens is 294 g/mol. The number of carbonyl (C=O) groups excluding carboxylic acids is 1. The highest BCUT2D eigenvalue weighted by Gasteiger charge is 2.31. The molecule has 1 unspecified atom stereocenters. The van der Waals surface area contributed by atoms with Crippen molar-refractivity contribution in [2.45, 2.75) is 17.9 Å². The van der Waals surface area contributed by atoms with Crippen LogP contribution in [0.25, 0.3) is 0 Å². The monoisotopic (exact) mass is 311 g/mol. The molecule has 1 saturated heterocycles. The Morgan fingerprint density at radius 1 is 1.40 bits per heavy atom. The van der Waals surface area contributed by atoms with Gasteiger partial charge < -0.3 is 10.0 Å². The predicted molar refractivity (Wildman–Crippen MR) is 82.4 cm³/mol. The average Bonchev–Trinajstić information content (AvgIpc) is 2.46. The maximum absolute atomic E-state index is 12.2. The van der Waals surface area contributed by atoms with E-state index in [1.165, 1.54) is 22.2 Å². The molecule has 0 aliphatic carbocycles. The molecule has 0 aromatic heterocycles. The number of carboxylic acid groups (broad SMARTS) is 1. The van der Waals surface area contributed by atoms with Crippen molar-refractivity contribution in [3.63, 3.8) is 0 Å². The third-order valence-electron chi connectivity index (χ3n) is 3.12. The molecule has 1 aliphatic heterocycles. The normalized spacial score (nSPS) is 18.9. The lowest BCUT2D eigenvalue weighted by molar-refractivity contribution is -0.148. The summed E-state index contributed by atoms with van der Waals surface area (Å²) in [5.41, 5.74) is 1.18. The van der Waals surface area contributed by atoms with Crippen molar-refractivity contribution in [3.8, 4) is 0 Å². The second-order valence-corrected chi connectivity index (χ2v) is 6.82. The molecule has 20 heavy (non-hydrogen) atoms. The highest BCUT2D eigenvalue weighted by molar-refractivity contribution is 8.00. The minimum absolute atomic E-state index is 0.0942. The van der Waals surface area contributed by atoms with Crippen molar-refractivity contribution in [2.75, 3.05) is 23.8 Å². The van der Waals surface area contributed by atoms with Gasteiger partial charge in [0.2, 0.25) is 5.91 Å². The van der Waals surface area contributed by atoms with Gasteiger partial charge >= 0.3 is 5.97 Å². The molecule has 0 spiro atoms. The molecular formula is C14H17NO3S2. The summed E-state index contributed by atoms with van der Waals surface area (Å²) in [4.78, 5) is 25.9. The molecule has 1 heterocycles. The van der Waals surface area contributed by atoms with Crippen LogP contribution in [0.5, 0.6) is 0 Å². The van der Waals surface area contributed by atoms with Gasteiger partial charge in [0.25, 0.3) is 0 Å². The summed E-state index contributed by atoms with van der Waals surface area (Å²) in [7, 11) is 0. The van der Waals surface area contributed by atoms with E-state index in [-0.39, 0.29) is 11.7 Å². The Kier molecular flexibility index (Phi) is 5.37. The fourth-order valence-electron chi connectivity index (χ4n) is 1.97. The molecule has 6 heteroatoms. The van der Waals surface area contributed by atoms with Crippen molar-refractivity contribution in [3.05, 3.63) is 29.8 Å². The Labute approximate surface area is 126 Å². The quantitative estimate of drug-likeness (QED) is 0.863. The molecule has 1 atom stereocenters. The minimum Gasteiger partial charge on any atom is -0.480 e. The largest absolute Gasteiger partial charge is 0.480 e. The van der Waals surface area contributed by atoms with Crippen LogP contribution >= 0.6 is 23.5 Å².